The van der Waals surface area contributed by atoms with E-state index in [1.807, 2.05) is 11.8 Å². The molecule has 0 radical (unpaired) electrons. The quantitative estimate of drug-likeness (QED) is 0.853. The van der Waals surface area contributed by atoms with E-state index in [0.29, 0.717) is 0 Å². The van der Waals surface area contributed by atoms with Gasteiger partial charge in [-0.1, -0.05) is 11.3 Å². The second kappa shape index (κ2) is 4.61. The van der Waals surface area contributed by atoms with Crippen molar-refractivity contribution in [3.8, 4) is 0 Å². The number of amides is 1. The fraction of sp³-hybridized carbons (Fsp3) is 0.600. The molecule has 0 spiro atoms. The van der Waals surface area contributed by atoms with Gasteiger partial charge in [-0.3, -0.25) is 4.79 Å². The van der Waals surface area contributed by atoms with Crippen LogP contribution < -0.4 is 5.32 Å². The zero-order valence-corrected chi connectivity index (χ0v) is 9.64. The minimum atomic E-state index is 0.133. The third kappa shape index (κ3) is 2.28. The molecular formula is C10H15N3OS. The normalized spacial score (nSPS) is 15.7. The number of hydrogen-bond donors (Lipinski definition) is 1. The smallest absolute Gasteiger partial charge is 0.265 e. The molecule has 2 rings (SSSR count). The number of carbonyl (C=O) groups is 1. The molecule has 4 nitrogen and oxygen atoms in total. The number of anilines is 1. The van der Waals surface area contributed by atoms with Crippen molar-refractivity contribution in [3.05, 3.63) is 11.1 Å². The number of hydrogen-bond acceptors (Lipinski definition) is 4. The van der Waals surface area contributed by atoms with Crippen molar-refractivity contribution in [3.63, 3.8) is 0 Å². The topological polar surface area (TPSA) is 45.2 Å². The Hall–Kier alpha value is -1.10. The van der Waals surface area contributed by atoms with Gasteiger partial charge >= 0.3 is 0 Å². The van der Waals surface area contributed by atoms with E-state index in [2.05, 4.69) is 10.3 Å². The Morgan fingerprint density at radius 2 is 2.33 bits per heavy atom. The summed E-state index contributed by atoms with van der Waals surface area (Å²) in [5.74, 6) is 0.133. The van der Waals surface area contributed by atoms with E-state index in [1.165, 1.54) is 11.3 Å². The number of likely N-dealkylation sites (tertiary alicyclic amines) is 1. The minimum absolute atomic E-state index is 0.133. The summed E-state index contributed by atoms with van der Waals surface area (Å²) in [6, 6.07) is 0. The third-order valence-electron chi connectivity index (χ3n) is 2.44. The Morgan fingerprint density at radius 3 is 3.00 bits per heavy atom. The van der Waals surface area contributed by atoms with Crippen LogP contribution in [0.2, 0.25) is 0 Å². The van der Waals surface area contributed by atoms with Crippen LogP contribution in [0.3, 0.4) is 0 Å². The van der Waals surface area contributed by atoms with Gasteiger partial charge in [-0.15, -0.1) is 0 Å². The molecule has 1 aromatic heterocycles. The Kier molecular flexibility index (Phi) is 3.20. The molecular weight excluding hydrogens is 210 g/mol. The Bertz CT molecular complexity index is 344. The summed E-state index contributed by atoms with van der Waals surface area (Å²) in [7, 11) is 0. The van der Waals surface area contributed by atoms with Gasteiger partial charge < -0.3 is 10.2 Å². The summed E-state index contributed by atoms with van der Waals surface area (Å²) in [5, 5.41) is 3.94. The number of aromatic nitrogens is 1. The molecule has 15 heavy (non-hydrogen) atoms. The molecule has 82 valence electrons. The largest absolute Gasteiger partial charge is 0.362 e. The van der Waals surface area contributed by atoms with Crippen molar-refractivity contribution in [2.75, 3.05) is 25.0 Å². The SMILES string of the molecule is CCNc1ncc(C(=O)N2CCCC2)s1. The molecule has 0 unspecified atom stereocenters. The number of rotatable bonds is 3. The predicted molar refractivity (Wildman–Crippen MR) is 61.4 cm³/mol. The van der Waals surface area contributed by atoms with Crippen LogP contribution >= 0.6 is 11.3 Å². The van der Waals surface area contributed by atoms with Crippen LogP contribution in [0.4, 0.5) is 5.13 Å². The molecule has 0 atom stereocenters. The monoisotopic (exact) mass is 225 g/mol. The van der Waals surface area contributed by atoms with Crippen molar-refractivity contribution in [1.29, 1.82) is 0 Å². The molecule has 0 aliphatic carbocycles. The van der Waals surface area contributed by atoms with E-state index >= 15 is 0 Å². The highest BCUT2D eigenvalue weighted by Gasteiger charge is 2.21. The van der Waals surface area contributed by atoms with Gasteiger partial charge in [-0.05, 0) is 19.8 Å². The number of thiazole rings is 1. The van der Waals surface area contributed by atoms with Gasteiger partial charge in [0.25, 0.3) is 5.91 Å². The second-order valence-corrected chi connectivity index (χ2v) is 4.59. The van der Waals surface area contributed by atoms with Crippen molar-refractivity contribution >= 4 is 22.4 Å². The molecule has 1 N–H and O–H groups in total. The van der Waals surface area contributed by atoms with E-state index < -0.39 is 0 Å². The molecule has 5 heteroatoms. The van der Waals surface area contributed by atoms with Crippen LogP contribution in [0.25, 0.3) is 0 Å². The summed E-state index contributed by atoms with van der Waals surface area (Å²) >= 11 is 1.44. The molecule has 0 saturated carbocycles. The lowest BCUT2D eigenvalue weighted by atomic mass is 10.4. The van der Waals surface area contributed by atoms with Crippen LogP contribution in [0.15, 0.2) is 6.20 Å². The molecule has 1 aliphatic rings. The van der Waals surface area contributed by atoms with Gasteiger partial charge in [0.2, 0.25) is 0 Å². The Morgan fingerprint density at radius 1 is 1.60 bits per heavy atom. The van der Waals surface area contributed by atoms with Gasteiger partial charge in [0.05, 0.1) is 6.20 Å². The van der Waals surface area contributed by atoms with Crippen LogP contribution in [0, 0.1) is 0 Å². The van der Waals surface area contributed by atoms with Gasteiger partial charge in [-0.2, -0.15) is 0 Å². The Labute approximate surface area is 93.3 Å². The summed E-state index contributed by atoms with van der Waals surface area (Å²) in [5.41, 5.74) is 0. The molecule has 1 fully saturated rings. The maximum Gasteiger partial charge on any atom is 0.265 e. The lowest BCUT2D eigenvalue weighted by Crippen LogP contribution is -2.26. The van der Waals surface area contributed by atoms with Gasteiger partial charge in [0.15, 0.2) is 5.13 Å². The highest BCUT2D eigenvalue weighted by atomic mass is 32.1. The zero-order chi connectivity index (χ0) is 10.7. The van der Waals surface area contributed by atoms with E-state index in [0.717, 1.165) is 42.5 Å². The highest BCUT2D eigenvalue weighted by Crippen LogP contribution is 2.21. The lowest BCUT2D eigenvalue weighted by molar-refractivity contribution is 0.0797. The Balaban J connectivity index is 2.04. The van der Waals surface area contributed by atoms with Gasteiger partial charge in [0, 0.05) is 19.6 Å². The summed E-state index contributed by atoms with van der Waals surface area (Å²) in [4.78, 5) is 18.7. The molecule has 2 heterocycles. The van der Waals surface area contributed by atoms with Crippen LogP contribution in [0.5, 0.6) is 0 Å². The van der Waals surface area contributed by atoms with Crippen LogP contribution in [-0.2, 0) is 0 Å². The van der Waals surface area contributed by atoms with Crippen molar-refractivity contribution in [2.24, 2.45) is 0 Å². The standard InChI is InChI=1S/C10H15N3OS/c1-2-11-10-12-7-8(15-10)9(14)13-5-3-4-6-13/h7H,2-6H2,1H3,(H,11,12). The van der Waals surface area contributed by atoms with E-state index in [9.17, 15) is 4.79 Å². The first-order chi connectivity index (χ1) is 7.31. The summed E-state index contributed by atoms with van der Waals surface area (Å²) < 4.78 is 0. The number of carbonyl (C=O) groups excluding carboxylic acids is 1. The number of nitrogens with one attached hydrogen (secondary N) is 1. The molecule has 1 aromatic rings. The highest BCUT2D eigenvalue weighted by molar-refractivity contribution is 7.17. The minimum Gasteiger partial charge on any atom is -0.362 e. The molecule has 1 amide bonds. The fourth-order valence-electron chi connectivity index (χ4n) is 1.68. The van der Waals surface area contributed by atoms with E-state index in [1.54, 1.807) is 6.20 Å². The summed E-state index contributed by atoms with van der Waals surface area (Å²) in [6.45, 7) is 4.65. The maximum absolute atomic E-state index is 11.9. The lowest BCUT2D eigenvalue weighted by Gasteiger charge is -2.12. The molecule has 0 aromatic carbocycles. The van der Waals surface area contributed by atoms with Gasteiger partial charge in [0.1, 0.15) is 4.88 Å². The van der Waals surface area contributed by atoms with Crippen molar-refractivity contribution in [2.45, 2.75) is 19.8 Å². The molecule has 1 aliphatic heterocycles. The first kappa shape index (κ1) is 10.4. The predicted octanol–water partition coefficient (Wildman–Crippen LogP) is 1.81. The van der Waals surface area contributed by atoms with Gasteiger partial charge in [-0.25, -0.2) is 4.98 Å². The van der Waals surface area contributed by atoms with E-state index in [4.69, 9.17) is 0 Å². The molecule has 1 saturated heterocycles. The van der Waals surface area contributed by atoms with E-state index in [-0.39, 0.29) is 5.91 Å². The maximum atomic E-state index is 11.9. The van der Waals surface area contributed by atoms with Crippen molar-refractivity contribution < 1.29 is 4.79 Å². The second-order valence-electron chi connectivity index (χ2n) is 3.56. The van der Waals surface area contributed by atoms with Crippen molar-refractivity contribution in [1.82, 2.24) is 9.88 Å². The first-order valence-corrected chi connectivity index (χ1v) is 6.12. The average molecular weight is 225 g/mol. The van der Waals surface area contributed by atoms with Crippen LogP contribution in [0.1, 0.15) is 29.4 Å². The molecule has 0 bridgehead atoms. The number of nitrogens with zero attached hydrogens (tertiary/aromatic N) is 2. The van der Waals surface area contributed by atoms with Crippen LogP contribution in [-0.4, -0.2) is 35.4 Å². The fourth-order valence-corrected chi connectivity index (χ4v) is 2.53. The zero-order valence-electron chi connectivity index (χ0n) is 8.82. The first-order valence-electron chi connectivity index (χ1n) is 5.30. The summed E-state index contributed by atoms with van der Waals surface area (Å²) in [6.07, 6.45) is 3.93. The average Bonchev–Trinajstić information content (AvgIpc) is 2.87. The third-order valence-corrected chi connectivity index (χ3v) is 3.38.